The Balaban J connectivity index is 2.20. The molecule has 0 bridgehead atoms. The molecule has 96 valence electrons. The van der Waals surface area contributed by atoms with Gasteiger partial charge in [0, 0.05) is 19.6 Å². The Morgan fingerprint density at radius 1 is 1.39 bits per heavy atom. The number of imidazole rings is 1. The fourth-order valence-corrected chi connectivity index (χ4v) is 2.49. The molecule has 1 saturated heterocycles. The van der Waals surface area contributed by atoms with Crippen molar-refractivity contribution in [3.05, 3.63) is 16.7 Å². The Labute approximate surface area is 105 Å². The highest BCUT2D eigenvalue weighted by Gasteiger charge is 2.20. The summed E-state index contributed by atoms with van der Waals surface area (Å²) in [4.78, 5) is 26.1. The average Bonchev–Trinajstić information content (AvgIpc) is 3.02. The highest BCUT2D eigenvalue weighted by atomic mass is 16.1. The van der Waals surface area contributed by atoms with E-state index in [1.165, 1.54) is 19.2 Å². The van der Waals surface area contributed by atoms with Gasteiger partial charge < -0.3 is 9.88 Å². The van der Waals surface area contributed by atoms with Crippen molar-refractivity contribution in [3.63, 3.8) is 0 Å². The molecule has 0 aromatic carbocycles. The number of H-pyrrole nitrogens is 1. The molecule has 3 heterocycles. The average molecular weight is 247 g/mol. The number of fused-ring (bicyclic) bond motifs is 1. The molecule has 0 atom stereocenters. The lowest BCUT2D eigenvalue weighted by molar-refractivity contribution is 0.634. The molecule has 0 amide bonds. The summed E-state index contributed by atoms with van der Waals surface area (Å²) in [7, 11) is 0. The monoisotopic (exact) mass is 247 g/mol. The van der Waals surface area contributed by atoms with Crippen LogP contribution < -0.4 is 10.5 Å². The summed E-state index contributed by atoms with van der Waals surface area (Å²) in [5.41, 5.74) is 1.02. The molecule has 2 aromatic heterocycles. The zero-order valence-corrected chi connectivity index (χ0v) is 10.5. The van der Waals surface area contributed by atoms with Gasteiger partial charge in [0.2, 0.25) is 5.95 Å². The van der Waals surface area contributed by atoms with Crippen molar-refractivity contribution >= 4 is 17.1 Å². The van der Waals surface area contributed by atoms with Crippen molar-refractivity contribution in [3.8, 4) is 0 Å². The number of aromatic amines is 1. The summed E-state index contributed by atoms with van der Waals surface area (Å²) in [5.74, 6) is 0.777. The number of anilines is 1. The van der Waals surface area contributed by atoms with E-state index >= 15 is 0 Å². The fourth-order valence-electron chi connectivity index (χ4n) is 2.49. The van der Waals surface area contributed by atoms with Crippen LogP contribution in [0.4, 0.5) is 5.95 Å². The van der Waals surface area contributed by atoms with E-state index in [1.807, 2.05) is 0 Å². The van der Waals surface area contributed by atoms with Crippen molar-refractivity contribution in [2.75, 3.05) is 18.0 Å². The Bertz CT molecular complexity index is 608. The van der Waals surface area contributed by atoms with Crippen molar-refractivity contribution in [2.24, 2.45) is 0 Å². The smallest absolute Gasteiger partial charge is 0.280 e. The van der Waals surface area contributed by atoms with Crippen LogP contribution in [-0.4, -0.2) is 32.6 Å². The fraction of sp³-hybridized carbons (Fsp3) is 0.583. The molecule has 1 aliphatic rings. The Hall–Kier alpha value is -1.85. The molecule has 3 rings (SSSR count). The Morgan fingerprint density at radius 3 is 2.89 bits per heavy atom. The van der Waals surface area contributed by atoms with Crippen molar-refractivity contribution in [1.29, 1.82) is 0 Å². The lowest BCUT2D eigenvalue weighted by atomic mass is 10.4. The second-order valence-corrected chi connectivity index (χ2v) is 4.66. The van der Waals surface area contributed by atoms with Gasteiger partial charge in [-0.25, -0.2) is 4.98 Å². The van der Waals surface area contributed by atoms with Crippen LogP contribution in [0.5, 0.6) is 0 Å². The van der Waals surface area contributed by atoms with Gasteiger partial charge in [-0.1, -0.05) is 6.92 Å². The number of nitrogens with zero attached hydrogens (tertiary/aromatic N) is 4. The minimum absolute atomic E-state index is 0.0127. The molecular weight excluding hydrogens is 230 g/mol. The third kappa shape index (κ3) is 1.68. The molecule has 2 aromatic rings. The van der Waals surface area contributed by atoms with Gasteiger partial charge in [0.05, 0.1) is 6.33 Å². The second kappa shape index (κ2) is 4.44. The molecule has 0 radical (unpaired) electrons. The van der Waals surface area contributed by atoms with E-state index in [4.69, 9.17) is 0 Å². The zero-order chi connectivity index (χ0) is 12.5. The number of rotatable bonds is 3. The first-order chi connectivity index (χ1) is 8.81. The lowest BCUT2D eigenvalue weighted by Gasteiger charge is -2.20. The van der Waals surface area contributed by atoms with Crippen LogP contribution in [0.25, 0.3) is 11.2 Å². The zero-order valence-electron chi connectivity index (χ0n) is 10.5. The SMILES string of the molecule is CCCn1c(N2CCCC2)nc2nc[nH]c2c1=O. The molecule has 0 unspecified atom stereocenters. The van der Waals surface area contributed by atoms with Gasteiger partial charge in [-0.05, 0) is 19.3 Å². The van der Waals surface area contributed by atoms with E-state index < -0.39 is 0 Å². The van der Waals surface area contributed by atoms with Crippen molar-refractivity contribution in [2.45, 2.75) is 32.7 Å². The van der Waals surface area contributed by atoms with Gasteiger partial charge >= 0.3 is 0 Å². The number of hydrogen-bond acceptors (Lipinski definition) is 4. The molecule has 6 nitrogen and oxygen atoms in total. The van der Waals surface area contributed by atoms with Crippen LogP contribution in [0.15, 0.2) is 11.1 Å². The second-order valence-electron chi connectivity index (χ2n) is 4.66. The van der Waals surface area contributed by atoms with Crippen LogP contribution in [0.2, 0.25) is 0 Å². The minimum Gasteiger partial charge on any atom is -0.342 e. The molecule has 1 fully saturated rings. The Morgan fingerprint density at radius 2 is 2.17 bits per heavy atom. The molecule has 0 spiro atoms. The molecule has 6 heteroatoms. The van der Waals surface area contributed by atoms with Crippen LogP contribution in [0.1, 0.15) is 26.2 Å². The van der Waals surface area contributed by atoms with Crippen LogP contribution in [-0.2, 0) is 6.54 Å². The molecule has 18 heavy (non-hydrogen) atoms. The lowest BCUT2D eigenvalue weighted by Crippen LogP contribution is -2.31. The van der Waals surface area contributed by atoms with E-state index in [1.54, 1.807) is 4.57 Å². The highest BCUT2D eigenvalue weighted by Crippen LogP contribution is 2.18. The standard InChI is InChI=1S/C12H17N5O/c1-2-5-17-11(18)9-10(14-8-13-9)15-12(17)16-6-3-4-7-16/h8H,2-7H2,1H3,(H,13,14). The van der Waals surface area contributed by atoms with Gasteiger partial charge in [-0.3, -0.25) is 9.36 Å². The van der Waals surface area contributed by atoms with Gasteiger partial charge in [0.15, 0.2) is 11.2 Å². The minimum atomic E-state index is -0.0127. The number of nitrogens with one attached hydrogen (secondary N) is 1. The first-order valence-corrected chi connectivity index (χ1v) is 6.50. The third-order valence-electron chi connectivity index (χ3n) is 3.36. The summed E-state index contributed by atoms with van der Waals surface area (Å²) in [6, 6.07) is 0. The summed E-state index contributed by atoms with van der Waals surface area (Å²) in [6.07, 6.45) is 4.78. The quantitative estimate of drug-likeness (QED) is 0.883. The first-order valence-electron chi connectivity index (χ1n) is 6.50. The first kappa shape index (κ1) is 11.3. The van der Waals surface area contributed by atoms with Gasteiger partial charge in [-0.15, -0.1) is 0 Å². The van der Waals surface area contributed by atoms with E-state index in [2.05, 4.69) is 26.8 Å². The van der Waals surface area contributed by atoms with E-state index in [0.29, 0.717) is 17.7 Å². The van der Waals surface area contributed by atoms with Crippen molar-refractivity contribution < 1.29 is 0 Å². The molecule has 0 saturated carbocycles. The predicted octanol–water partition coefficient (Wildman–Crippen LogP) is 1.13. The summed E-state index contributed by atoms with van der Waals surface area (Å²) in [5, 5.41) is 0. The predicted molar refractivity (Wildman–Crippen MR) is 69.9 cm³/mol. The third-order valence-corrected chi connectivity index (χ3v) is 3.36. The molecule has 1 aliphatic heterocycles. The van der Waals surface area contributed by atoms with Gasteiger partial charge in [0.25, 0.3) is 5.56 Å². The van der Waals surface area contributed by atoms with E-state index in [-0.39, 0.29) is 5.56 Å². The highest BCUT2D eigenvalue weighted by molar-refractivity contribution is 5.70. The normalized spacial score (nSPS) is 15.7. The maximum atomic E-state index is 12.4. The van der Waals surface area contributed by atoms with Crippen LogP contribution in [0, 0.1) is 0 Å². The van der Waals surface area contributed by atoms with E-state index in [0.717, 1.165) is 25.5 Å². The molecular formula is C12H17N5O. The molecule has 0 aliphatic carbocycles. The molecule has 1 N–H and O–H groups in total. The summed E-state index contributed by atoms with van der Waals surface area (Å²) in [6.45, 7) is 4.72. The van der Waals surface area contributed by atoms with Crippen LogP contribution >= 0.6 is 0 Å². The summed E-state index contributed by atoms with van der Waals surface area (Å²) >= 11 is 0. The van der Waals surface area contributed by atoms with Crippen LogP contribution in [0.3, 0.4) is 0 Å². The Kier molecular flexibility index (Phi) is 2.77. The van der Waals surface area contributed by atoms with Crippen molar-refractivity contribution in [1.82, 2.24) is 19.5 Å². The van der Waals surface area contributed by atoms with E-state index in [9.17, 15) is 4.79 Å². The maximum Gasteiger partial charge on any atom is 0.280 e. The number of hydrogen-bond donors (Lipinski definition) is 1. The number of aromatic nitrogens is 4. The van der Waals surface area contributed by atoms with Gasteiger partial charge in [-0.2, -0.15) is 4.98 Å². The summed E-state index contributed by atoms with van der Waals surface area (Å²) < 4.78 is 1.77. The largest absolute Gasteiger partial charge is 0.342 e. The van der Waals surface area contributed by atoms with Gasteiger partial charge in [0.1, 0.15) is 0 Å². The topological polar surface area (TPSA) is 66.8 Å². The maximum absolute atomic E-state index is 12.4.